The normalized spacial score (nSPS) is 13.3. The maximum atomic E-state index is 11.6. The molecule has 0 heterocycles. The molecule has 1 aromatic carbocycles. The van der Waals surface area contributed by atoms with Gasteiger partial charge in [0, 0.05) is 12.0 Å². The average molecular weight is 216 g/mol. The van der Waals surface area contributed by atoms with Crippen LogP contribution in [0.1, 0.15) is 29.2 Å². The average Bonchev–Trinajstić information content (AvgIpc) is 2.62. The summed E-state index contributed by atoms with van der Waals surface area (Å²) in [5.41, 5.74) is 5.67. The zero-order chi connectivity index (χ0) is 11.7. The van der Waals surface area contributed by atoms with Crippen molar-refractivity contribution >= 4 is 12.0 Å². The summed E-state index contributed by atoms with van der Waals surface area (Å²) >= 11 is 0. The number of hydrogen-bond acceptors (Lipinski definition) is 2. The van der Waals surface area contributed by atoms with Crippen molar-refractivity contribution in [3.8, 4) is 0 Å². The molecule has 0 atom stereocenters. The first-order chi connectivity index (χ1) is 7.61. The lowest BCUT2D eigenvalue weighted by atomic mass is 10.0. The van der Waals surface area contributed by atoms with Crippen molar-refractivity contribution in [1.82, 2.24) is 0 Å². The number of benzene rings is 1. The molecule has 0 saturated carbocycles. The molecule has 1 aliphatic carbocycles. The lowest BCUT2D eigenvalue weighted by molar-refractivity contribution is -0.138. The maximum absolute atomic E-state index is 11.6. The van der Waals surface area contributed by atoms with E-state index in [4.69, 9.17) is 4.74 Å². The minimum atomic E-state index is -0.184. The molecule has 84 valence electrons. The first-order valence-electron chi connectivity index (χ1n) is 5.59. The van der Waals surface area contributed by atoms with Gasteiger partial charge in [0.1, 0.15) is 0 Å². The highest BCUT2D eigenvalue weighted by molar-refractivity contribution is 5.97. The second kappa shape index (κ2) is 4.12. The Hall–Kier alpha value is -1.57. The number of carbonyl (C=O) groups is 1. The molecular formula is C14H16O2. The number of carbonyl (C=O) groups excluding carboxylic acids is 1. The van der Waals surface area contributed by atoms with Gasteiger partial charge in [-0.2, -0.15) is 0 Å². The smallest absolute Gasteiger partial charge is 0.334 e. The predicted octanol–water partition coefficient (Wildman–Crippen LogP) is 2.81. The van der Waals surface area contributed by atoms with Gasteiger partial charge in [0.05, 0.1) is 6.61 Å². The van der Waals surface area contributed by atoms with Crippen LogP contribution in [0.5, 0.6) is 0 Å². The van der Waals surface area contributed by atoms with E-state index in [9.17, 15) is 4.79 Å². The van der Waals surface area contributed by atoms with E-state index >= 15 is 0 Å². The summed E-state index contributed by atoms with van der Waals surface area (Å²) in [7, 11) is 0. The van der Waals surface area contributed by atoms with Crippen LogP contribution in [0.2, 0.25) is 0 Å². The molecule has 0 fully saturated rings. The molecule has 0 N–H and O–H groups in total. The summed E-state index contributed by atoms with van der Waals surface area (Å²) < 4.78 is 5.02. The maximum Gasteiger partial charge on any atom is 0.334 e. The van der Waals surface area contributed by atoms with Gasteiger partial charge in [-0.3, -0.25) is 0 Å². The molecule has 0 radical (unpaired) electrons. The summed E-state index contributed by atoms with van der Waals surface area (Å²) in [5.74, 6) is -0.184. The molecule has 0 aromatic heterocycles. The van der Waals surface area contributed by atoms with Crippen LogP contribution in [0.3, 0.4) is 0 Å². The second-order valence-electron chi connectivity index (χ2n) is 4.22. The monoisotopic (exact) mass is 216 g/mol. The molecular weight excluding hydrogens is 200 g/mol. The van der Waals surface area contributed by atoms with E-state index in [0.717, 1.165) is 5.57 Å². The molecule has 0 unspecified atom stereocenters. The largest absolute Gasteiger partial charge is 0.463 e. The van der Waals surface area contributed by atoms with Gasteiger partial charge in [-0.1, -0.05) is 17.7 Å². The first kappa shape index (κ1) is 10.9. The van der Waals surface area contributed by atoms with Gasteiger partial charge < -0.3 is 4.74 Å². The van der Waals surface area contributed by atoms with Gasteiger partial charge in [0.15, 0.2) is 0 Å². The van der Waals surface area contributed by atoms with Crippen LogP contribution in [0.15, 0.2) is 17.7 Å². The van der Waals surface area contributed by atoms with Crippen LogP contribution < -0.4 is 0 Å². The third-order valence-electron chi connectivity index (χ3n) is 2.85. The molecule has 0 amide bonds. The lowest BCUT2D eigenvalue weighted by Crippen LogP contribution is -2.07. The lowest BCUT2D eigenvalue weighted by Gasteiger charge is -2.04. The Bertz CT molecular complexity index is 470. The fourth-order valence-corrected chi connectivity index (χ4v) is 2.20. The third kappa shape index (κ3) is 1.87. The zero-order valence-corrected chi connectivity index (χ0v) is 9.96. The molecule has 2 heteroatoms. The minimum Gasteiger partial charge on any atom is -0.463 e. The molecule has 0 aliphatic heterocycles. The highest BCUT2D eigenvalue weighted by Gasteiger charge is 2.20. The SMILES string of the molecule is CCOC(=O)C1=Cc2c(C)cc(C)cc2C1. The van der Waals surface area contributed by atoms with Crippen molar-refractivity contribution in [2.75, 3.05) is 6.61 Å². The Morgan fingerprint density at radius 1 is 1.38 bits per heavy atom. The Kier molecular flexibility index (Phi) is 2.82. The Balaban J connectivity index is 2.31. The minimum absolute atomic E-state index is 0.184. The summed E-state index contributed by atoms with van der Waals surface area (Å²) in [6.45, 7) is 6.42. The van der Waals surface area contributed by atoms with E-state index in [1.54, 1.807) is 0 Å². The quantitative estimate of drug-likeness (QED) is 0.710. The van der Waals surface area contributed by atoms with Crippen molar-refractivity contribution in [3.63, 3.8) is 0 Å². The fraction of sp³-hybridized carbons (Fsp3) is 0.357. The topological polar surface area (TPSA) is 26.3 Å². The Morgan fingerprint density at radius 3 is 2.81 bits per heavy atom. The first-order valence-corrected chi connectivity index (χ1v) is 5.59. The molecule has 0 spiro atoms. The van der Waals surface area contributed by atoms with Crippen molar-refractivity contribution in [2.24, 2.45) is 0 Å². The van der Waals surface area contributed by atoms with Crippen LogP contribution in [0.25, 0.3) is 6.08 Å². The van der Waals surface area contributed by atoms with Gasteiger partial charge in [-0.05, 0) is 43.5 Å². The van der Waals surface area contributed by atoms with E-state index < -0.39 is 0 Å². The molecule has 0 saturated heterocycles. The third-order valence-corrected chi connectivity index (χ3v) is 2.85. The number of ether oxygens (including phenoxy) is 1. The highest BCUT2D eigenvalue weighted by atomic mass is 16.5. The van der Waals surface area contributed by atoms with Gasteiger partial charge >= 0.3 is 5.97 Å². The van der Waals surface area contributed by atoms with E-state index in [-0.39, 0.29) is 5.97 Å². The molecule has 1 aromatic rings. The standard InChI is InChI=1S/C14H16O2/c1-4-16-14(15)12-7-11-6-9(2)5-10(3)13(11)8-12/h5-6,8H,4,7H2,1-3H3. The summed E-state index contributed by atoms with van der Waals surface area (Å²) in [5, 5.41) is 0. The van der Waals surface area contributed by atoms with E-state index in [2.05, 4.69) is 26.0 Å². The molecule has 2 nitrogen and oxygen atoms in total. The number of aryl methyl sites for hydroxylation is 2. The van der Waals surface area contributed by atoms with Crippen LogP contribution in [-0.2, 0) is 16.0 Å². The Labute approximate surface area is 95.9 Å². The number of fused-ring (bicyclic) bond motifs is 1. The van der Waals surface area contributed by atoms with Gasteiger partial charge in [-0.15, -0.1) is 0 Å². The predicted molar refractivity (Wildman–Crippen MR) is 64.2 cm³/mol. The van der Waals surface area contributed by atoms with Crippen molar-refractivity contribution in [2.45, 2.75) is 27.2 Å². The van der Waals surface area contributed by atoms with Crippen LogP contribution in [-0.4, -0.2) is 12.6 Å². The molecule has 0 bridgehead atoms. The van der Waals surface area contributed by atoms with Gasteiger partial charge in [0.2, 0.25) is 0 Å². The molecule has 16 heavy (non-hydrogen) atoms. The summed E-state index contributed by atoms with van der Waals surface area (Å²) in [6, 6.07) is 4.29. The Morgan fingerprint density at radius 2 is 2.12 bits per heavy atom. The van der Waals surface area contributed by atoms with Crippen LogP contribution in [0, 0.1) is 13.8 Å². The van der Waals surface area contributed by atoms with Crippen molar-refractivity contribution in [1.29, 1.82) is 0 Å². The fourth-order valence-electron chi connectivity index (χ4n) is 2.20. The summed E-state index contributed by atoms with van der Waals surface area (Å²) in [6.07, 6.45) is 2.67. The van der Waals surface area contributed by atoms with Crippen molar-refractivity contribution < 1.29 is 9.53 Å². The second-order valence-corrected chi connectivity index (χ2v) is 4.22. The van der Waals surface area contributed by atoms with Gasteiger partial charge in [-0.25, -0.2) is 4.79 Å². The number of hydrogen-bond donors (Lipinski definition) is 0. The van der Waals surface area contributed by atoms with Crippen LogP contribution >= 0.6 is 0 Å². The molecule has 2 rings (SSSR count). The van der Waals surface area contributed by atoms with Gasteiger partial charge in [0.25, 0.3) is 0 Å². The number of esters is 1. The summed E-state index contributed by atoms with van der Waals surface area (Å²) in [4.78, 5) is 11.6. The zero-order valence-electron chi connectivity index (χ0n) is 9.96. The van der Waals surface area contributed by atoms with Crippen molar-refractivity contribution in [3.05, 3.63) is 40.0 Å². The highest BCUT2D eigenvalue weighted by Crippen LogP contribution is 2.29. The van der Waals surface area contributed by atoms with E-state index in [1.165, 1.54) is 22.3 Å². The number of rotatable bonds is 2. The van der Waals surface area contributed by atoms with E-state index in [1.807, 2.05) is 13.0 Å². The van der Waals surface area contributed by atoms with Crippen LogP contribution in [0.4, 0.5) is 0 Å². The van der Waals surface area contributed by atoms with E-state index in [0.29, 0.717) is 13.0 Å². The molecule has 1 aliphatic rings.